The topological polar surface area (TPSA) is 125 Å². The molecular weight excluding hydrogens is 278 g/mol. The molecule has 3 N–H and O–H groups in total. The molecule has 0 amide bonds. The summed E-state index contributed by atoms with van der Waals surface area (Å²) in [7, 11) is 0. The fraction of sp³-hybridized carbons (Fsp3) is 0.500. The summed E-state index contributed by atoms with van der Waals surface area (Å²) in [6, 6.07) is 0. The van der Waals surface area contributed by atoms with E-state index in [4.69, 9.17) is 15.2 Å². The molecule has 2 aromatic rings. The monoisotopic (exact) mass is 293 g/mol. The second kappa shape index (κ2) is 5.26. The van der Waals surface area contributed by atoms with E-state index in [2.05, 4.69) is 15.0 Å². The number of anilines is 1. The summed E-state index contributed by atoms with van der Waals surface area (Å²) < 4.78 is 12.6. The summed E-state index contributed by atoms with van der Waals surface area (Å²) >= 11 is 0. The number of aromatic nitrogens is 4. The summed E-state index contributed by atoms with van der Waals surface area (Å²) in [5, 5.41) is 9.34. The van der Waals surface area contributed by atoms with Crippen molar-refractivity contribution in [3.63, 3.8) is 0 Å². The SMILES string of the molecule is CC(=O)OC1C[C@H](n2cnc3c(N)ncnc32)O[C@@H]1CO. The van der Waals surface area contributed by atoms with Gasteiger partial charge in [-0.3, -0.25) is 9.36 Å². The maximum atomic E-state index is 11.1. The summed E-state index contributed by atoms with van der Waals surface area (Å²) in [6.07, 6.45) is 1.78. The smallest absolute Gasteiger partial charge is 0.302 e. The molecule has 21 heavy (non-hydrogen) atoms. The van der Waals surface area contributed by atoms with Crippen molar-refractivity contribution in [1.82, 2.24) is 19.5 Å². The highest BCUT2D eigenvalue weighted by Gasteiger charge is 2.38. The van der Waals surface area contributed by atoms with E-state index in [1.165, 1.54) is 13.3 Å². The van der Waals surface area contributed by atoms with Gasteiger partial charge in [0, 0.05) is 13.3 Å². The fourth-order valence-electron chi connectivity index (χ4n) is 2.45. The third-order valence-electron chi connectivity index (χ3n) is 3.38. The van der Waals surface area contributed by atoms with Crippen LogP contribution in [-0.2, 0) is 14.3 Å². The van der Waals surface area contributed by atoms with Crippen LogP contribution in [0, 0.1) is 0 Å². The molecule has 3 heterocycles. The number of aliphatic hydroxyl groups is 1. The number of hydrogen-bond acceptors (Lipinski definition) is 8. The van der Waals surface area contributed by atoms with Gasteiger partial charge in [-0.2, -0.15) is 0 Å². The molecule has 112 valence electrons. The molecule has 0 aliphatic carbocycles. The van der Waals surface area contributed by atoms with Crippen LogP contribution in [0.3, 0.4) is 0 Å². The highest BCUT2D eigenvalue weighted by Crippen LogP contribution is 2.32. The average molecular weight is 293 g/mol. The van der Waals surface area contributed by atoms with Crippen LogP contribution in [0.5, 0.6) is 0 Å². The Kier molecular flexibility index (Phi) is 3.43. The van der Waals surface area contributed by atoms with Crippen LogP contribution >= 0.6 is 0 Å². The van der Waals surface area contributed by atoms with Crippen molar-refractivity contribution in [1.29, 1.82) is 0 Å². The van der Waals surface area contributed by atoms with E-state index in [-0.39, 0.29) is 12.4 Å². The molecule has 0 saturated carbocycles. The van der Waals surface area contributed by atoms with E-state index >= 15 is 0 Å². The molecule has 9 nitrogen and oxygen atoms in total. The molecule has 0 radical (unpaired) electrons. The summed E-state index contributed by atoms with van der Waals surface area (Å²) in [5.41, 5.74) is 6.76. The van der Waals surface area contributed by atoms with E-state index in [9.17, 15) is 9.90 Å². The van der Waals surface area contributed by atoms with Gasteiger partial charge in [-0.1, -0.05) is 0 Å². The highest BCUT2D eigenvalue weighted by molar-refractivity contribution is 5.81. The quantitative estimate of drug-likeness (QED) is 0.733. The molecule has 0 aromatic carbocycles. The Labute approximate surface area is 119 Å². The standard InChI is InChI=1S/C12H15N5O4/c1-6(19)20-7-2-9(21-8(7)3-18)17-5-16-10-11(13)14-4-15-12(10)17/h4-5,7-9,18H,2-3H2,1H3,(H2,13,14,15)/t7?,8-,9-/m1/s1. The molecule has 3 rings (SSSR count). The van der Waals surface area contributed by atoms with Gasteiger partial charge in [0.2, 0.25) is 0 Å². The normalized spacial score (nSPS) is 25.3. The van der Waals surface area contributed by atoms with Gasteiger partial charge in [-0.15, -0.1) is 0 Å². The van der Waals surface area contributed by atoms with Crippen LogP contribution in [0.2, 0.25) is 0 Å². The van der Waals surface area contributed by atoms with Crippen molar-refractivity contribution in [2.75, 3.05) is 12.3 Å². The molecule has 1 aliphatic rings. The Morgan fingerprint density at radius 2 is 2.38 bits per heavy atom. The lowest BCUT2D eigenvalue weighted by atomic mass is 10.2. The number of rotatable bonds is 3. The zero-order chi connectivity index (χ0) is 15.0. The molecule has 1 unspecified atom stereocenters. The van der Waals surface area contributed by atoms with Gasteiger partial charge in [-0.25, -0.2) is 15.0 Å². The zero-order valence-electron chi connectivity index (χ0n) is 11.3. The second-order valence-corrected chi connectivity index (χ2v) is 4.78. The number of nitrogen functional groups attached to an aromatic ring is 1. The van der Waals surface area contributed by atoms with E-state index in [1.54, 1.807) is 10.9 Å². The van der Waals surface area contributed by atoms with E-state index in [0.29, 0.717) is 17.6 Å². The number of ether oxygens (including phenoxy) is 2. The maximum Gasteiger partial charge on any atom is 0.302 e. The van der Waals surface area contributed by atoms with Crippen molar-refractivity contribution >= 4 is 23.0 Å². The van der Waals surface area contributed by atoms with Gasteiger partial charge >= 0.3 is 5.97 Å². The molecule has 1 saturated heterocycles. The lowest BCUT2D eigenvalue weighted by Crippen LogP contribution is -2.29. The molecule has 1 aliphatic heterocycles. The predicted molar refractivity (Wildman–Crippen MR) is 70.9 cm³/mol. The Bertz CT molecular complexity index is 673. The van der Waals surface area contributed by atoms with Crippen LogP contribution in [-0.4, -0.2) is 49.4 Å². The fourth-order valence-corrected chi connectivity index (χ4v) is 2.45. The van der Waals surface area contributed by atoms with Crippen molar-refractivity contribution in [3.05, 3.63) is 12.7 Å². The largest absolute Gasteiger partial charge is 0.460 e. The van der Waals surface area contributed by atoms with Crippen molar-refractivity contribution in [2.24, 2.45) is 0 Å². The first kappa shape index (κ1) is 13.7. The molecule has 0 bridgehead atoms. The van der Waals surface area contributed by atoms with E-state index in [1.807, 2.05) is 0 Å². The molecule has 1 fully saturated rings. The Hall–Kier alpha value is -2.26. The van der Waals surface area contributed by atoms with Gasteiger partial charge in [0.1, 0.15) is 30.3 Å². The second-order valence-electron chi connectivity index (χ2n) is 4.78. The summed E-state index contributed by atoms with van der Waals surface area (Å²) in [4.78, 5) is 23.3. The van der Waals surface area contributed by atoms with Crippen molar-refractivity contribution in [3.8, 4) is 0 Å². The van der Waals surface area contributed by atoms with Gasteiger partial charge < -0.3 is 20.3 Å². The number of fused-ring (bicyclic) bond motifs is 1. The Balaban J connectivity index is 1.90. The van der Waals surface area contributed by atoms with Gasteiger partial charge in [0.15, 0.2) is 11.5 Å². The number of hydrogen-bond donors (Lipinski definition) is 2. The average Bonchev–Trinajstić information content (AvgIpc) is 3.02. The van der Waals surface area contributed by atoms with Gasteiger partial charge in [-0.05, 0) is 0 Å². The van der Waals surface area contributed by atoms with Gasteiger partial charge in [0.25, 0.3) is 0 Å². The number of nitrogens with zero attached hydrogens (tertiary/aromatic N) is 4. The number of carbonyl (C=O) groups is 1. The first-order valence-electron chi connectivity index (χ1n) is 6.46. The maximum absolute atomic E-state index is 11.1. The number of carbonyl (C=O) groups excluding carboxylic acids is 1. The third-order valence-corrected chi connectivity index (χ3v) is 3.38. The highest BCUT2D eigenvalue weighted by atomic mass is 16.6. The number of aliphatic hydroxyl groups excluding tert-OH is 1. The molecule has 2 aromatic heterocycles. The Morgan fingerprint density at radius 1 is 1.57 bits per heavy atom. The molecular formula is C12H15N5O4. The molecule has 0 spiro atoms. The Morgan fingerprint density at radius 3 is 3.10 bits per heavy atom. The lowest BCUT2D eigenvalue weighted by molar-refractivity contribution is -0.150. The third kappa shape index (κ3) is 2.41. The lowest BCUT2D eigenvalue weighted by Gasteiger charge is -2.15. The zero-order valence-corrected chi connectivity index (χ0v) is 11.3. The number of imidazole rings is 1. The van der Waals surface area contributed by atoms with Crippen LogP contribution < -0.4 is 5.73 Å². The van der Waals surface area contributed by atoms with Crippen molar-refractivity contribution < 1.29 is 19.4 Å². The van der Waals surface area contributed by atoms with E-state index < -0.39 is 24.4 Å². The van der Waals surface area contributed by atoms with Crippen LogP contribution in [0.1, 0.15) is 19.6 Å². The minimum Gasteiger partial charge on any atom is -0.460 e. The first-order chi connectivity index (χ1) is 10.1. The first-order valence-corrected chi connectivity index (χ1v) is 6.46. The minimum atomic E-state index is -0.574. The van der Waals surface area contributed by atoms with Crippen molar-refractivity contribution in [2.45, 2.75) is 31.8 Å². The van der Waals surface area contributed by atoms with E-state index in [0.717, 1.165) is 0 Å². The molecule has 9 heteroatoms. The van der Waals surface area contributed by atoms with Crippen LogP contribution in [0.25, 0.3) is 11.2 Å². The van der Waals surface area contributed by atoms with Gasteiger partial charge in [0.05, 0.1) is 12.9 Å². The predicted octanol–water partition coefficient (Wildman–Crippen LogP) is -0.380. The molecule has 3 atom stereocenters. The van der Waals surface area contributed by atoms with Crippen LogP contribution in [0.4, 0.5) is 5.82 Å². The minimum absolute atomic E-state index is 0.238. The number of esters is 1. The van der Waals surface area contributed by atoms with Crippen LogP contribution in [0.15, 0.2) is 12.7 Å². The summed E-state index contributed by atoms with van der Waals surface area (Å²) in [6.45, 7) is 1.08. The summed E-state index contributed by atoms with van der Waals surface area (Å²) in [5.74, 6) is -0.128. The number of nitrogens with two attached hydrogens (primary N) is 1.